The first-order chi connectivity index (χ1) is 13.5. The molecule has 3 aromatic rings. The normalized spacial score (nSPS) is 16.4. The van der Waals surface area contributed by atoms with Crippen LogP contribution in [-0.2, 0) is 19.5 Å². The number of aryl methyl sites for hydroxylation is 3. The van der Waals surface area contributed by atoms with Crippen LogP contribution in [0.2, 0.25) is 0 Å². The number of nitrogens with zero attached hydrogens (tertiary/aromatic N) is 5. The van der Waals surface area contributed by atoms with Gasteiger partial charge in [0.05, 0.1) is 17.2 Å². The molecule has 0 fully saturated rings. The molecule has 1 N–H and O–H groups in total. The Labute approximate surface area is 166 Å². The van der Waals surface area contributed by atoms with Crippen LogP contribution in [0.15, 0.2) is 28.6 Å². The van der Waals surface area contributed by atoms with E-state index < -0.39 is 0 Å². The number of carbonyl (C=O) groups excluding carboxylic acids is 1. The van der Waals surface area contributed by atoms with Crippen molar-refractivity contribution in [3.05, 3.63) is 62.0 Å². The van der Waals surface area contributed by atoms with Crippen molar-refractivity contribution >= 4 is 17.2 Å². The summed E-state index contributed by atoms with van der Waals surface area (Å²) in [6.45, 7) is 4.76. The molecule has 0 bridgehead atoms. The highest BCUT2D eigenvalue weighted by atomic mass is 32.1. The molecule has 4 rings (SSSR count). The van der Waals surface area contributed by atoms with E-state index in [2.05, 4.69) is 20.4 Å². The van der Waals surface area contributed by atoms with Crippen LogP contribution in [0.3, 0.4) is 0 Å². The number of pyridine rings is 1. The maximum absolute atomic E-state index is 12.7. The van der Waals surface area contributed by atoms with Crippen LogP contribution in [0.25, 0.3) is 0 Å². The van der Waals surface area contributed by atoms with E-state index in [1.54, 1.807) is 34.4 Å². The molecule has 1 atom stereocenters. The number of fused-ring (bicyclic) bond motifs is 1. The molecule has 3 aromatic heterocycles. The van der Waals surface area contributed by atoms with E-state index in [4.69, 9.17) is 0 Å². The third-order valence-electron chi connectivity index (χ3n) is 5.00. The number of thiazole rings is 1. The van der Waals surface area contributed by atoms with E-state index in [-0.39, 0.29) is 17.6 Å². The molecule has 146 valence electrons. The lowest BCUT2D eigenvalue weighted by Crippen LogP contribution is -2.36. The number of carbonyl (C=O) groups is 1. The van der Waals surface area contributed by atoms with Gasteiger partial charge in [0.2, 0.25) is 0 Å². The SMILES string of the molecule is Cc1nc(Cn2nc3n(c2=O)CCC(NC(=O)c2ccncc2C)CC3)cs1. The zero-order chi connectivity index (χ0) is 19.7. The molecule has 28 heavy (non-hydrogen) atoms. The number of rotatable bonds is 4. The van der Waals surface area contributed by atoms with Gasteiger partial charge in [0.15, 0.2) is 0 Å². The molecule has 0 radical (unpaired) electrons. The predicted octanol–water partition coefficient (Wildman–Crippen LogP) is 1.70. The zero-order valence-corrected chi connectivity index (χ0v) is 16.7. The Hall–Kier alpha value is -2.81. The average molecular weight is 398 g/mol. The van der Waals surface area contributed by atoms with Crippen molar-refractivity contribution in [1.82, 2.24) is 29.6 Å². The molecule has 0 saturated heterocycles. The van der Waals surface area contributed by atoms with Crippen LogP contribution in [0, 0.1) is 13.8 Å². The monoisotopic (exact) mass is 398 g/mol. The van der Waals surface area contributed by atoms with Crippen molar-refractivity contribution in [2.75, 3.05) is 0 Å². The highest BCUT2D eigenvalue weighted by molar-refractivity contribution is 7.09. The lowest BCUT2D eigenvalue weighted by atomic mass is 10.1. The lowest BCUT2D eigenvalue weighted by Gasteiger charge is -2.16. The van der Waals surface area contributed by atoms with Gasteiger partial charge in [-0.2, -0.15) is 5.10 Å². The second-order valence-corrected chi connectivity index (χ2v) is 8.12. The molecular formula is C19H22N6O2S. The minimum Gasteiger partial charge on any atom is -0.349 e. The van der Waals surface area contributed by atoms with Gasteiger partial charge in [0.25, 0.3) is 5.91 Å². The van der Waals surface area contributed by atoms with Crippen LogP contribution in [0.4, 0.5) is 0 Å². The Bertz CT molecular complexity index is 1070. The second kappa shape index (κ2) is 7.67. The van der Waals surface area contributed by atoms with Crippen molar-refractivity contribution < 1.29 is 4.79 Å². The van der Waals surface area contributed by atoms with E-state index >= 15 is 0 Å². The number of amides is 1. The summed E-state index contributed by atoms with van der Waals surface area (Å²) in [5.41, 5.74) is 2.23. The molecule has 0 aliphatic carbocycles. The van der Waals surface area contributed by atoms with E-state index in [0.717, 1.165) is 28.5 Å². The van der Waals surface area contributed by atoms with Crippen molar-refractivity contribution in [2.45, 2.75) is 52.2 Å². The van der Waals surface area contributed by atoms with Gasteiger partial charge in [-0.1, -0.05) is 0 Å². The van der Waals surface area contributed by atoms with Crippen molar-refractivity contribution in [3.8, 4) is 0 Å². The molecular weight excluding hydrogens is 376 g/mol. The molecule has 9 heteroatoms. The fraction of sp³-hybridized carbons (Fsp3) is 0.421. The number of nitrogens with one attached hydrogen (secondary N) is 1. The van der Waals surface area contributed by atoms with Crippen LogP contribution in [-0.4, -0.2) is 36.3 Å². The smallest absolute Gasteiger partial charge is 0.346 e. The van der Waals surface area contributed by atoms with Crippen molar-refractivity contribution in [3.63, 3.8) is 0 Å². The Balaban J connectivity index is 1.44. The number of aromatic nitrogens is 5. The first-order valence-electron chi connectivity index (χ1n) is 9.30. The summed E-state index contributed by atoms with van der Waals surface area (Å²) < 4.78 is 3.21. The Morgan fingerprint density at radius 3 is 2.96 bits per heavy atom. The van der Waals surface area contributed by atoms with Gasteiger partial charge < -0.3 is 5.32 Å². The van der Waals surface area contributed by atoms with Crippen LogP contribution in [0.5, 0.6) is 0 Å². The summed E-state index contributed by atoms with van der Waals surface area (Å²) in [5, 5.41) is 10.5. The summed E-state index contributed by atoms with van der Waals surface area (Å²) in [7, 11) is 0. The summed E-state index contributed by atoms with van der Waals surface area (Å²) in [6, 6.07) is 1.74. The van der Waals surface area contributed by atoms with E-state index in [1.165, 1.54) is 4.68 Å². The molecule has 1 aliphatic rings. The van der Waals surface area contributed by atoms with Gasteiger partial charge in [-0.15, -0.1) is 11.3 Å². The summed E-state index contributed by atoms with van der Waals surface area (Å²) in [4.78, 5) is 33.7. The van der Waals surface area contributed by atoms with E-state index in [0.29, 0.717) is 31.5 Å². The van der Waals surface area contributed by atoms with Gasteiger partial charge in [0, 0.05) is 42.3 Å². The van der Waals surface area contributed by atoms with E-state index in [1.807, 2.05) is 19.2 Å². The lowest BCUT2D eigenvalue weighted by molar-refractivity contribution is 0.0932. The fourth-order valence-electron chi connectivity index (χ4n) is 3.50. The summed E-state index contributed by atoms with van der Waals surface area (Å²) in [5.74, 6) is 0.676. The maximum atomic E-state index is 12.7. The van der Waals surface area contributed by atoms with Crippen molar-refractivity contribution in [1.29, 1.82) is 0 Å². The minimum atomic E-state index is -0.113. The molecule has 1 unspecified atom stereocenters. The topological polar surface area (TPSA) is 94.7 Å². The van der Waals surface area contributed by atoms with Gasteiger partial charge in [-0.25, -0.2) is 14.5 Å². The Morgan fingerprint density at radius 2 is 2.21 bits per heavy atom. The zero-order valence-electron chi connectivity index (χ0n) is 15.9. The maximum Gasteiger partial charge on any atom is 0.346 e. The standard InChI is InChI=1S/C19H22N6O2S/c1-12-9-20-7-5-16(12)18(26)22-14-3-4-17-23-25(19(27)24(17)8-6-14)10-15-11-28-13(2)21-15/h5,7,9,11,14H,3-4,6,8,10H2,1-2H3,(H,22,26). The van der Waals surface area contributed by atoms with Crippen LogP contribution in [0.1, 0.15) is 45.3 Å². The average Bonchev–Trinajstić information content (AvgIpc) is 3.14. The molecule has 0 aromatic carbocycles. The highest BCUT2D eigenvalue weighted by Gasteiger charge is 2.23. The quantitative estimate of drug-likeness (QED) is 0.722. The molecule has 0 spiro atoms. The predicted molar refractivity (Wildman–Crippen MR) is 106 cm³/mol. The van der Waals surface area contributed by atoms with Gasteiger partial charge in [-0.3, -0.25) is 14.3 Å². The number of hydrogen-bond acceptors (Lipinski definition) is 6. The molecule has 8 nitrogen and oxygen atoms in total. The fourth-order valence-corrected chi connectivity index (χ4v) is 4.10. The van der Waals surface area contributed by atoms with Crippen molar-refractivity contribution in [2.24, 2.45) is 0 Å². The van der Waals surface area contributed by atoms with E-state index in [9.17, 15) is 9.59 Å². The van der Waals surface area contributed by atoms with Crippen LogP contribution < -0.4 is 11.0 Å². The first kappa shape index (κ1) is 18.5. The van der Waals surface area contributed by atoms with Gasteiger partial charge >= 0.3 is 5.69 Å². The van der Waals surface area contributed by atoms with Gasteiger partial charge in [0.1, 0.15) is 5.82 Å². The van der Waals surface area contributed by atoms with Gasteiger partial charge in [-0.05, 0) is 38.3 Å². The van der Waals surface area contributed by atoms with Crippen LogP contribution >= 0.6 is 11.3 Å². The molecule has 1 aliphatic heterocycles. The molecule has 1 amide bonds. The summed E-state index contributed by atoms with van der Waals surface area (Å²) >= 11 is 1.57. The molecule has 4 heterocycles. The largest absolute Gasteiger partial charge is 0.349 e. The highest BCUT2D eigenvalue weighted by Crippen LogP contribution is 2.14. The summed E-state index contributed by atoms with van der Waals surface area (Å²) in [6.07, 6.45) is 5.41. The Morgan fingerprint density at radius 1 is 1.36 bits per heavy atom. The number of hydrogen-bond donors (Lipinski definition) is 1. The molecule has 0 saturated carbocycles. The Kier molecular flexibility index (Phi) is 5.08. The third-order valence-corrected chi connectivity index (χ3v) is 5.82. The minimum absolute atomic E-state index is 0.0100. The third kappa shape index (κ3) is 3.75. The second-order valence-electron chi connectivity index (χ2n) is 7.05. The first-order valence-corrected chi connectivity index (χ1v) is 10.2.